The molecule has 2 heterocycles. The summed E-state index contributed by atoms with van der Waals surface area (Å²) in [6.45, 7) is 8.20. The number of piperazine rings is 1. The fourth-order valence-corrected chi connectivity index (χ4v) is 4.66. The van der Waals surface area contributed by atoms with Crippen molar-refractivity contribution >= 4 is 40.9 Å². The van der Waals surface area contributed by atoms with E-state index in [0.29, 0.717) is 29.4 Å². The maximum absolute atomic E-state index is 13.7. The molecule has 2 aromatic rings. The van der Waals surface area contributed by atoms with E-state index in [9.17, 15) is 14.4 Å². The number of likely N-dealkylation sites (N-methyl/N-ethyl adjacent to an activating group) is 1. The number of halogens is 1. The van der Waals surface area contributed by atoms with Crippen LogP contribution in [-0.4, -0.2) is 66.0 Å². The minimum absolute atomic E-state index is 0.121. The minimum atomic E-state index is -0.623. The highest BCUT2D eigenvalue weighted by Crippen LogP contribution is 2.35. The number of nitrogens with zero attached hydrogens (tertiary/aromatic N) is 3. The van der Waals surface area contributed by atoms with Crippen LogP contribution in [0.3, 0.4) is 0 Å². The lowest BCUT2D eigenvalue weighted by Crippen LogP contribution is -2.53. The molecule has 4 rings (SSSR count). The van der Waals surface area contributed by atoms with Gasteiger partial charge in [0.1, 0.15) is 11.6 Å². The number of nitrogens with one attached hydrogen (secondary N) is 1. The predicted molar refractivity (Wildman–Crippen MR) is 136 cm³/mol. The third-order valence-electron chi connectivity index (χ3n) is 6.40. The molecule has 8 nitrogen and oxygen atoms in total. The summed E-state index contributed by atoms with van der Waals surface area (Å²) in [4.78, 5) is 44.1. The lowest BCUT2D eigenvalue weighted by molar-refractivity contribution is -0.117. The molecule has 2 aliphatic heterocycles. The highest BCUT2D eigenvalue weighted by Gasteiger charge is 2.37. The Hall–Kier alpha value is -3.26. The van der Waals surface area contributed by atoms with E-state index >= 15 is 0 Å². The summed E-state index contributed by atoms with van der Waals surface area (Å²) >= 11 is 6.52. The van der Waals surface area contributed by atoms with Gasteiger partial charge in [-0.15, -0.1) is 0 Å². The Kier molecular flexibility index (Phi) is 6.68. The van der Waals surface area contributed by atoms with Crippen LogP contribution in [0.1, 0.15) is 49.7 Å². The van der Waals surface area contributed by atoms with Crippen molar-refractivity contribution < 1.29 is 19.1 Å². The summed E-state index contributed by atoms with van der Waals surface area (Å²) in [5.74, 6) is -0.318. The number of ether oxygens (including phenoxy) is 1. The van der Waals surface area contributed by atoms with E-state index in [4.69, 9.17) is 16.3 Å². The van der Waals surface area contributed by atoms with Crippen LogP contribution in [0.5, 0.6) is 0 Å². The van der Waals surface area contributed by atoms with Crippen molar-refractivity contribution in [3.05, 3.63) is 58.6 Å². The molecule has 0 spiro atoms. The number of benzene rings is 2. The van der Waals surface area contributed by atoms with Crippen molar-refractivity contribution in [1.29, 1.82) is 0 Å². The summed E-state index contributed by atoms with van der Waals surface area (Å²) in [5.41, 5.74) is 2.04. The summed E-state index contributed by atoms with van der Waals surface area (Å²) in [5, 5.41) is 3.41. The minimum Gasteiger partial charge on any atom is -0.444 e. The second kappa shape index (κ2) is 9.41. The van der Waals surface area contributed by atoms with Crippen LogP contribution in [0.2, 0.25) is 5.02 Å². The molecule has 2 atom stereocenters. The van der Waals surface area contributed by atoms with Gasteiger partial charge in [-0.05, 0) is 57.5 Å². The van der Waals surface area contributed by atoms with Gasteiger partial charge in [-0.2, -0.15) is 0 Å². The van der Waals surface area contributed by atoms with Crippen molar-refractivity contribution in [2.45, 2.75) is 45.4 Å². The molecular formula is C26H31ClN4O4. The standard InChI is InChI=1S/C26H31ClN4O4/c1-16-23(32)28-20-14-17(10-11-21(20)29(16)5)24(33)31-13-12-30(25(34)35-26(2,3)4)15-22(31)18-8-6-7-9-19(18)27/h6-11,14,16,22H,12-13,15H2,1-5H3,(H,28,32). The first-order valence-corrected chi connectivity index (χ1v) is 12.0. The Morgan fingerprint density at radius 3 is 2.51 bits per heavy atom. The quantitative estimate of drug-likeness (QED) is 0.656. The van der Waals surface area contributed by atoms with Gasteiger partial charge >= 0.3 is 6.09 Å². The van der Waals surface area contributed by atoms with Crippen molar-refractivity contribution in [2.24, 2.45) is 0 Å². The summed E-state index contributed by atoms with van der Waals surface area (Å²) in [7, 11) is 1.85. The SMILES string of the molecule is CC1C(=O)Nc2cc(C(=O)N3CCN(C(=O)OC(C)(C)C)CC3c3ccccc3Cl)ccc2N1C. The molecule has 3 amide bonds. The molecule has 2 aromatic carbocycles. The van der Waals surface area contributed by atoms with Gasteiger partial charge in [-0.25, -0.2) is 4.79 Å². The number of fused-ring (bicyclic) bond motifs is 1. The molecule has 186 valence electrons. The van der Waals surface area contributed by atoms with E-state index in [1.807, 2.05) is 63.9 Å². The zero-order valence-electron chi connectivity index (χ0n) is 20.7. The average Bonchev–Trinajstić information content (AvgIpc) is 2.80. The third kappa shape index (κ3) is 5.07. The molecule has 2 unspecified atom stereocenters. The number of hydrogen-bond acceptors (Lipinski definition) is 5. The molecule has 0 aliphatic carbocycles. The van der Waals surface area contributed by atoms with Crippen molar-refractivity contribution in [3.8, 4) is 0 Å². The largest absolute Gasteiger partial charge is 0.444 e. The molecule has 9 heteroatoms. The maximum atomic E-state index is 13.7. The van der Waals surface area contributed by atoms with Crippen LogP contribution >= 0.6 is 11.6 Å². The number of rotatable bonds is 2. The Morgan fingerprint density at radius 2 is 1.83 bits per heavy atom. The van der Waals surface area contributed by atoms with E-state index in [0.717, 1.165) is 11.3 Å². The predicted octanol–water partition coefficient (Wildman–Crippen LogP) is 4.55. The first-order valence-electron chi connectivity index (χ1n) is 11.7. The van der Waals surface area contributed by atoms with Crippen LogP contribution in [-0.2, 0) is 9.53 Å². The Morgan fingerprint density at radius 1 is 1.11 bits per heavy atom. The van der Waals surface area contributed by atoms with Crippen molar-refractivity contribution in [1.82, 2.24) is 9.80 Å². The van der Waals surface area contributed by atoms with E-state index in [-0.39, 0.29) is 24.4 Å². The second-order valence-corrected chi connectivity index (χ2v) is 10.4. The average molecular weight is 499 g/mol. The molecule has 1 N–H and O–H groups in total. The van der Waals surface area contributed by atoms with E-state index in [2.05, 4.69) is 5.32 Å². The lowest BCUT2D eigenvalue weighted by Gasteiger charge is -2.42. The smallest absolute Gasteiger partial charge is 0.410 e. The van der Waals surface area contributed by atoms with Gasteiger partial charge in [0.2, 0.25) is 5.91 Å². The first kappa shape index (κ1) is 24.9. The van der Waals surface area contributed by atoms with Crippen molar-refractivity contribution in [3.63, 3.8) is 0 Å². The molecule has 35 heavy (non-hydrogen) atoms. The summed E-state index contributed by atoms with van der Waals surface area (Å²) in [6, 6.07) is 11.9. The Bertz CT molecular complexity index is 1160. The monoisotopic (exact) mass is 498 g/mol. The normalized spacial score (nSPS) is 20.3. The molecule has 2 aliphatic rings. The fourth-order valence-electron chi connectivity index (χ4n) is 4.39. The van der Waals surface area contributed by atoms with E-state index in [1.165, 1.54) is 0 Å². The zero-order valence-corrected chi connectivity index (χ0v) is 21.4. The zero-order chi connectivity index (χ0) is 25.5. The number of amides is 3. The molecule has 0 radical (unpaired) electrons. The molecule has 0 bridgehead atoms. The van der Waals surface area contributed by atoms with Gasteiger partial charge in [0, 0.05) is 37.3 Å². The van der Waals surface area contributed by atoms with Gasteiger partial charge in [0.25, 0.3) is 5.91 Å². The van der Waals surface area contributed by atoms with Crippen LogP contribution in [0.15, 0.2) is 42.5 Å². The fraction of sp³-hybridized carbons (Fsp3) is 0.423. The highest BCUT2D eigenvalue weighted by molar-refractivity contribution is 6.31. The molecular weight excluding hydrogens is 468 g/mol. The molecule has 1 saturated heterocycles. The van der Waals surface area contributed by atoms with Gasteiger partial charge in [0.15, 0.2) is 0 Å². The van der Waals surface area contributed by atoms with E-state index < -0.39 is 17.7 Å². The van der Waals surface area contributed by atoms with Crippen LogP contribution in [0, 0.1) is 0 Å². The maximum Gasteiger partial charge on any atom is 0.410 e. The second-order valence-electron chi connectivity index (χ2n) is 9.97. The van der Waals surface area contributed by atoms with Gasteiger partial charge in [-0.3, -0.25) is 9.59 Å². The number of carbonyl (C=O) groups is 3. The van der Waals surface area contributed by atoms with Gasteiger partial charge < -0.3 is 24.8 Å². The highest BCUT2D eigenvalue weighted by atomic mass is 35.5. The molecule has 1 fully saturated rings. The molecule has 0 aromatic heterocycles. The summed E-state index contributed by atoms with van der Waals surface area (Å²) < 4.78 is 5.57. The van der Waals surface area contributed by atoms with Gasteiger partial charge in [0.05, 0.1) is 17.4 Å². The van der Waals surface area contributed by atoms with Crippen molar-refractivity contribution in [2.75, 3.05) is 36.9 Å². The molecule has 0 saturated carbocycles. The van der Waals surface area contributed by atoms with Gasteiger partial charge in [-0.1, -0.05) is 29.8 Å². The summed E-state index contributed by atoms with van der Waals surface area (Å²) in [6.07, 6.45) is -0.421. The Balaban J connectivity index is 1.64. The Labute approximate surface area is 210 Å². The van der Waals surface area contributed by atoms with Crippen LogP contribution in [0.4, 0.5) is 16.2 Å². The van der Waals surface area contributed by atoms with Crippen LogP contribution in [0.25, 0.3) is 0 Å². The van der Waals surface area contributed by atoms with E-state index in [1.54, 1.807) is 28.0 Å². The topological polar surface area (TPSA) is 82.2 Å². The number of hydrogen-bond donors (Lipinski definition) is 1. The number of carbonyl (C=O) groups excluding carboxylic acids is 3. The van der Waals surface area contributed by atoms with Crippen LogP contribution < -0.4 is 10.2 Å². The third-order valence-corrected chi connectivity index (χ3v) is 6.74. The number of anilines is 2. The first-order chi connectivity index (χ1) is 16.5. The lowest BCUT2D eigenvalue weighted by atomic mass is 10.00.